The fourth-order valence-electron chi connectivity index (χ4n) is 0.980. The summed E-state index contributed by atoms with van der Waals surface area (Å²) >= 11 is 1.44. The second-order valence-electron chi connectivity index (χ2n) is 3.04. The number of carbonyl (C=O) groups excluding carboxylic acids is 1. The lowest BCUT2D eigenvalue weighted by molar-refractivity contribution is 0.0947. The van der Waals surface area contributed by atoms with Crippen molar-refractivity contribution in [3.05, 3.63) is 11.1 Å². The van der Waals surface area contributed by atoms with Gasteiger partial charge in [0.1, 0.15) is 5.69 Å². The SMILES string of the molecule is CNc1nc(C(=O)NC2CC2)cs1. The third-order valence-corrected chi connectivity index (χ3v) is 2.72. The highest BCUT2D eigenvalue weighted by Crippen LogP contribution is 2.20. The molecule has 1 aromatic rings. The van der Waals surface area contributed by atoms with E-state index in [0.717, 1.165) is 18.0 Å². The van der Waals surface area contributed by atoms with E-state index in [-0.39, 0.29) is 5.91 Å². The number of hydrogen-bond donors (Lipinski definition) is 2. The lowest BCUT2D eigenvalue weighted by Gasteiger charge is -1.97. The van der Waals surface area contributed by atoms with E-state index in [4.69, 9.17) is 0 Å². The third kappa shape index (κ3) is 1.98. The summed E-state index contributed by atoms with van der Waals surface area (Å²) < 4.78 is 0. The molecule has 0 saturated heterocycles. The Balaban J connectivity index is 2.01. The average molecular weight is 197 g/mol. The van der Waals surface area contributed by atoms with Crippen LogP contribution in [0.2, 0.25) is 0 Å². The van der Waals surface area contributed by atoms with E-state index >= 15 is 0 Å². The zero-order chi connectivity index (χ0) is 9.26. The Hall–Kier alpha value is -1.10. The maximum absolute atomic E-state index is 11.4. The van der Waals surface area contributed by atoms with Crippen molar-refractivity contribution in [1.29, 1.82) is 0 Å². The monoisotopic (exact) mass is 197 g/mol. The third-order valence-electron chi connectivity index (χ3n) is 1.86. The smallest absolute Gasteiger partial charge is 0.271 e. The van der Waals surface area contributed by atoms with Gasteiger partial charge in [-0.3, -0.25) is 4.79 Å². The number of amides is 1. The molecule has 4 nitrogen and oxygen atoms in total. The standard InChI is InChI=1S/C8H11N3OS/c1-9-8-11-6(4-13-8)7(12)10-5-2-3-5/h4-5H,2-3H2,1H3,(H,9,11)(H,10,12). The molecule has 1 aliphatic carbocycles. The lowest BCUT2D eigenvalue weighted by atomic mass is 10.4. The number of nitrogens with one attached hydrogen (secondary N) is 2. The molecule has 70 valence electrons. The van der Waals surface area contributed by atoms with Gasteiger partial charge in [-0.25, -0.2) is 4.98 Å². The fraction of sp³-hybridized carbons (Fsp3) is 0.500. The van der Waals surface area contributed by atoms with Gasteiger partial charge in [-0.1, -0.05) is 0 Å². The van der Waals surface area contributed by atoms with Crippen molar-refractivity contribution >= 4 is 22.4 Å². The number of rotatable bonds is 3. The van der Waals surface area contributed by atoms with E-state index in [1.807, 2.05) is 0 Å². The molecule has 1 aliphatic rings. The first-order valence-electron chi connectivity index (χ1n) is 4.24. The molecule has 2 N–H and O–H groups in total. The molecule has 0 aliphatic heterocycles. The molecule has 0 spiro atoms. The average Bonchev–Trinajstić information content (AvgIpc) is 2.82. The van der Waals surface area contributed by atoms with Crippen molar-refractivity contribution in [2.75, 3.05) is 12.4 Å². The van der Waals surface area contributed by atoms with Crippen LogP contribution in [0, 0.1) is 0 Å². The Morgan fingerprint density at radius 2 is 2.46 bits per heavy atom. The van der Waals surface area contributed by atoms with Crippen molar-refractivity contribution in [2.45, 2.75) is 18.9 Å². The van der Waals surface area contributed by atoms with Crippen molar-refractivity contribution in [3.63, 3.8) is 0 Å². The first-order chi connectivity index (χ1) is 6.29. The molecular weight excluding hydrogens is 186 g/mol. The van der Waals surface area contributed by atoms with Crippen LogP contribution in [-0.2, 0) is 0 Å². The molecule has 0 unspecified atom stereocenters. The predicted molar refractivity (Wildman–Crippen MR) is 52.1 cm³/mol. The van der Waals surface area contributed by atoms with E-state index in [9.17, 15) is 4.79 Å². The summed E-state index contributed by atoms with van der Waals surface area (Å²) in [4.78, 5) is 15.5. The van der Waals surface area contributed by atoms with Gasteiger partial charge in [-0.15, -0.1) is 11.3 Å². The molecule has 1 aromatic heterocycles. The Labute approximate surface area is 80.4 Å². The lowest BCUT2D eigenvalue weighted by Crippen LogP contribution is -2.25. The van der Waals surface area contributed by atoms with Crippen LogP contribution < -0.4 is 10.6 Å². The summed E-state index contributed by atoms with van der Waals surface area (Å²) in [6.07, 6.45) is 2.21. The first kappa shape index (κ1) is 8.50. The quantitative estimate of drug-likeness (QED) is 0.762. The minimum absolute atomic E-state index is 0.0553. The predicted octanol–water partition coefficient (Wildman–Crippen LogP) is 1.08. The molecule has 5 heteroatoms. The number of aromatic nitrogens is 1. The Bertz CT molecular complexity index is 319. The van der Waals surface area contributed by atoms with Gasteiger partial charge in [-0.05, 0) is 12.8 Å². The summed E-state index contributed by atoms with van der Waals surface area (Å²) in [6.45, 7) is 0. The number of hydrogen-bond acceptors (Lipinski definition) is 4. The van der Waals surface area contributed by atoms with Crippen molar-refractivity contribution in [3.8, 4) is 0 Å². The number of carbonyl (C=O) groups is 1. The molecule has 13 heavy (non-hydrogen) atoms. The molecule has 1 heterocycles. The molecule has 0 radical (unpaired) electrons. The van der Waals surface area contributed by atoms with E-state index in [2.05, 4.69) is 15.6 Å². The van der Waals surface area contributed by atoms with Crippen LogP contribution in [0.25, 0.3) is 0 Å². The molecule has 0 aromatic carbocycles. The van der Waals surface area contributed by atoms with Crippen LogP contribution in [0.4, 0.5) is 5.13 Å². The van der Waals surface area contributed by atoms with E-state index in [0.29, 0.717) is 11.7 Å². The maximum Gasteiger partial charge on any atom is 0.271 e. The normalized spacial score (nSPS) is 15.5. The van der Waals surface area contributed by atoms with Crippen molar-refractivity contribution in [2.24, 2.45) is 0 Å². The van der Waals surface area contributed by atoms with Gasteiger partial charge in [-0.2, -0.15) is 0 Å². The Morgan fingerprint density at radius 3 is 3.00 bits per heavy atom. The van der Waals surface area contributed by atoms with Gasteiger partial charge in [0, 0.05) is 18.5 Å². The fourth-order valence-corrected chi connectivity index (χ4v) is 1.63. The van der Waals surface area contributed by atoms with Gasteiger partial charge in [0.05, 0.1) is 0 Å². The Morgan fingerprint density at radius 1 is 1.69 bits per heavy atom. The molecule has 1 amide bonds. The van der Waals surface area contributed by atoms with E-state index in [1.54, 1.807) is 12.4 Å². The molecule has 0 bridgehead atoms. The second kappa shape index (κ2) is 3.33. The summed E-state index contributed by atoms with van der Waals surface area (Å²) in [6, 6.07) is 0.396. The number of anilines is 1. The highest BCUT2D eigenvalue weighted by atomic mass is 32.1. The second-order valence-corrected chi connectivity index (χ2v) is 3.89. The molecular formula is C8H11N3OS. The molecule has 1 saturated carbocycles. The first-order valence-corrected chi connectivity index (χ1v) is 5.11. The highest BCUT2D eigenvalue weighted by Gasteiger charge is 2.24. The summed E-state index contributed by atoms with van der Waals surface area (Å²) in [5.74, 6) is -0.0553. The summed E-state index contributed by atoms with van der Waals surface area (Å²) in [5, 5.41) is 8.33. The van der Waals surface area contributed by atoms with Crippen LogP contribution >= 0.6 is 11.3 Å². The van der Waals surface area contributed by atoms with Crippen molar-refractivity contribution in [1.82, 2.24) is 10.3 Å². The minimum Gasteiger partial charge on any atom is -0.365 e. The van der Waals surface area contributed by atoms with Gasteiger partial charge in [0.2, 0.25) is 0 Å². The zero-order valence-corrected chi connectivity index (χ0v) is 8.15. The van der Waals surface area contributed by atoms with E-state index < -0.39 is 0 Å². The highest BCUT2D eigenvalue weighted by molar-refractivity contribution is 7.13. The molecule has 2 rings (SSSR count). The van der Waals surface area contributed by atoms with Crippen LogP contribution in [0.5, 0.6) is 0 Å². The maximum atomic E-state index is 11.4. The van der Waals surface area contributed by atoms with Crippen LogP contribution in [0.1, 0.15) is 23.3 Å². The van der Waals surface area contributed by atoms with Gasteiger partial charge in [0.15, 0.2) is 5.13 Å². The summed E-state index contributed by atoms with van der Waals surface area (Å²) in [5.41, 5.74) is 0.515. The van der Waals surface area contributed by atoms with Crippen LogP contribution in [0.3, 0.4) is 0 Å². The largest absolute Gasteiger partial charge is 0.365 e. The number of nitrogens with zero attached hydrogens (tertiary/aromatic N) is 1. The summed E-state index contributed by atoms with van der Waals surface area (Å²) in [7, 11) is 1.79. The minimum atomic E-state index is -0.0553. The van der Waals surface area contributed by atoms with Crippen LogP contribution in [0.15, 0.2) is 5.38 Å². The topological polar surface area (TPSA) is 54.0 Å². The van der Waals surface area contributed by atoms with Crippen molar-refractivity contribution < 1.29 is 4.79 Å². The van der Waals surface area contributed by atoms with Gasteiger partial charge in [0.25, 0.3) is 5.91 Å². The molecule has 1 fully saturated rings. The number of thiazole rings is 1. The van der Waals surface area contributed by atoms with Gasteiger partial charge < -0.3 is 10.6 Å². The van der Waals surface area contributed by atoms with E-state index in [1.165, 1.54) is 11.3 Å². The van der Waals surface area contributed by atoms with Crippen LogP contribution in [-0.4, -0.2) is 24.0 Å². The zero-order valence-electron chi connectivity index (χ0n) is 7.33. The van der Waals surface area contributed by atoms with Gasteiger partial charge >= 0.3 is 0 Å². The Kier molecular flexibility index (Phi) is 2.18. The molecule has 0 atom stereocenters.